The Balaban J connectivity index is 1.26. The summed E-state index contributed by atoms with van der Waals surface area (Å²) in [4.78, 5) is 30.6. The minimum Gasteiger partial charge on any atom is -0.463 e. The van der Waals surface area contributed by atoms with Gasteiger partial charge >= 0.3 is 5.97 Å². The Morgan fingerprint density at radius 2 is 1.82 bits per heavy atom. The molecule has 0 spiro atoms. The van der Waals surface area contributed by atoms with E-state index in [1.807, 2.05) is 70.4 Å². The SMILES string of the molecule is CCOC(=O)C=Cc1ccc(NC2CCN(C(=O)c3ccc(-n4cccc4)cc3)CC2)nc1. The maximum absolute atomic E-state index is 12.9. The number of carbonyl (C=O) groups excluding carboxylic acids is 2. The molecule has 1 aromatic carbocycles. The largest absolute Gasteiger partial charge is 0.463 e. The highest BCUT2D eigenvalue weighted by Gasteiger charge is 2.23. The van der Waals surface area contributed by atoms with Gasteiger partial charge < -0.3 is 19.5 Å². The number of likely N-dealkylation sites (tertiary alicyclic amines) is 1. The number of carbonyl (C=O) groups is 2. The molecule has 0 unspecified atom stereocenters. The maximum Gasteiger partial charge on any atom is 0.330 e. The van der Waals surface area contributed by atoms with Crippen LogP contribution in [0.4, 0.5) is 5.82 Å². The first-order valence-corrected chi connectivity index (χ1v) is 11.2. The summed E-state index contributed by atoms with van der Waals surface area (Å²) in [7, 11) is 0. The summed E-state index contributed by atoms with van der Waals surface area (Å²) in [6.45, 7) is 3.54. The Morgan fingerprint density at radius 1 is 1.09 bits per heavy atom. The fraction of sp³-hybridized carbons (Fsp3) is 0.269. The van der Waals surface area contributed by atoms with Crippen LogP contribution < -0.4 is 5.32 Å². The number of piperidine rings is 1. The number of esters is 1. The normalized spacial score (nSPS) is 14.4. The topological polar surface area (TPSA) is 76.5 Å². The van der Waals surface area contributed by atoms with E-state index in [0.717, 1.165) is 29.9 Å². The minimum atomic E-state index is -0.363. The summed E-state index contributed by atoms with van der Waals surface area (Å²) in [6, 6.07) is 15.7. The number of benzene rings is 1. The van der Waals surface area contributed by atoms with E-state index >= 15 is 0 Å². The smallest absolute Gasteiger partial charge is 0.330 e. The average molecular weight is 445 g/mol. The van der Waals surface area contributed by atoms with Gasteiger partial charge in [-0.3, -0.25) is 4.79 Å². The monoisotopic (exact) mass is 444 g/mol. The predicted octanol–water partition coefficient (Wildman–Crippen LogP) is 4.17. The van der Waals surface area contributed by atoms with Crippen LogP contribution in [0.3, 0.4) is 0 Å². The molecule has 7 nitrogen and oxygen atoms in total. The van der Waals surface area contributed by atoms with Crippen LogP contribution in [-0.4, -0.2) is 52.1 Å². The molecule has 1 fully saturated rings. The summed E-state index contributed by atoms with van der Waals surface area (Å²) in [5.74, 6) is 0.495. The first-order chi connectivity index (χ1) is 16.1. The van der Waals surface area contributed by atoms with Crippen molar-refractivity contribution in [3.05, 3.63) is 84.3 Å². The highest BCUT2D eigenvalue weighted by Crippen LogP contribution is 2.19. The van der Waals surface area contributed by atoms with E-state index in [-0.39, 0.29) is 17.9 Å². The summed E-state index contributed by atoms with van der Waals surface area (Å²) >= 11 is 0. The van der Waals surface area contributed by atoms with Crippen LogP contribution in [0, 0.1) is 0 Å². The number of hydrogen-bond acceptors (Lipinski definition) is 5. The van der Waals surface area contributed by atoms with Crippen LogP contribution in [0.2, 0.25) is 0 Å². The molecule has 0 saturated carbocycles. The van der Waals surface area contributed by atoms with Crippen LogP contribution >= 0.6 is 0 Å². The quantitative estimate of drug-likeness (QED) is 0.437. The van der Waals surface area contributed by atoms with E-state index in [4.69, 9.17) is 4.74 Å². The van der Waals surface area contributed by atoms with Gasteiger partial charge in [-0.2, -0.15) is 0 Å². The molecule has 1 amide bonds. The second-order valence-corrected chi connectivity index (χ2v) is 7.91. The summed E-state index contributed by atoms with van der Waals surface area (Å²) in [6.07, 6.45) is 10.5. The molecule has 0 aliphatic carbocycles. The fourth-order valence-corrected chi connectivity index (χ4v) is 3.85. The van der Waals surface area contributed by atoms with Crippen molar-refractivity contribution in [2.75, 3.05) is 25.0 Å². The minimum absolute atomic E-state index is 0.0726. The molecular formula is C26H28N4O3. The molecule has 4 rings (SSSR count). The molecule has 0 atom stereocenters. The predicted molar refractivity (Wildman–Crippen MR) is 128 cm³/mol. The standard InChI is InChI=1S/C26H28N4O3/c1-2-33-25(31)12-6-20-5-11-24(27-19-20)28-22-13-17-30(18-14-22)26(32)21-7-9-23(10-8-21)29-15-3-4-16-29/h3-12,15-16,19,22H,2,13-14,17-18H2,1H3,(H,27,28). The van der Waals surface area contributed by atoms with Crippen LogP contribution in [-0.2, 0) is 9.53 Å². The molecule has 3 heterocycles. The first kappa shape index (κ1) is 22.3. The van der Waals surface area contributed by atoms with Crippen molar-refractivity contribution >= 4 is 23.8 Å². The highest BCUT2D eigenvalue weighted by molar-refractivity contribution is 5.94. The van der Waals surface area contributed by atoms with Crippen molar-refractivity contribution in [3.8, 4) is 5.69 Å². The number of amides is 1. The van der Waals surface area contributed by atoms with E-state index in [9.17, 15) is 9.59 Å². The Morgan fingerprint density at radius 3 is 2.45 bits per heavy atom. The molecule has 1 saturated heterocycles. The van der Waals surface area contributed by atoms with Gasteiger partial charge in [-0.05, 0) is 79.9 Å². The molecule has 1 aliphatic heterocycles. The summed E-state index contributed by atoms with van der Waals surface area (Å²) in [5, 5.41) is 3.45. The molecule has 1 N–H and O–H groups in total. The van der Waals surface area contributed by atoms with Gasteiger partial charge in [0.15, 0.2) is 0 Å². The molecule has 0 radical (unpaired) electrons. The molecular weight excluding hydrogens is 416 g/mol. The second kappa shape index (κ2) is 10.6. The third-order valence-electron chi connectivity index (χ3n) is 5.64. The van der Waals surface area contributed by atoms with Gasteiger partial charge in [0, 0.05) is 55.0 Å². The van der Waals surface area contributed by atoms with Crippen LogP contribution in [0.15, 0.2) is 73.2 Å². The van der Waals surface area contributed by atoms with Gasteiger partial charge in [-0.1, -0.05) is 0 Å². The number of pyridine rings is 1. The van der Waals surface area contributed by atoms with Crippen molar-refractivity contribution in [3.63, 3.8) is 0 Å². The summed E-state index contributed by atoms with van der Waals surface area (Å²) < 4.78 is 6.89. The maximum atomic E-state index is 12.9. The third-order valence-corrected chi connectivity index (χ3v) is 5.64. The van der Waals surface area contributed by atoms with Crippen molar-refractivity contribution in [1.82, 2.24) is 14.5 Å². The van der Waals surface area contributed by atoms with Gasteiger partial charge in [-0.15, -0.1) is 0 Å². The van der Waals surface area contributed by atoms with E-state index in [2.05, 4.69) is 10.3 Å². The van der Waals surface area contributed by atoms with Crippen molar-refractivity contribution in [2.24, 2.45) is 0 Å². The molecule has 33 heavy (non-hydrogen) atoms. The number of rotatable bonds is 7. The summed E-state index contributed by atoms with van der Waals surface area (Å²) in [5.41, 5.74) is 2.58. The lowest BCUT2D eigenvalue weighted by molar-refractivity contribution is -0.137. The van der Waals surface area contributed by atoms with Gasteiger partial charge in [0.05, 0.1) is 6.61 Å². The zero-order chi connectivity index (χ0) is 23.0. The van der Waals surface area contributed by atoms with E-state index in [1.54, 1.807) is 19.2 Å². The molecule has 1 aliphatic rings. The number of nitrogens with zero attached hydrogens (tertiary/aromatic N) is 3. The van der Waals surface area contributed by atoms with E-state index in [1.165, 1.54) is 6.08 Å². The van der Waals surface area contributed by atoms with Crippen molar-refractivity contribution in [1.29, 1.82) is 0 Å². The van der Waals surface area contributed by atoms with Crippen LogP contribution in [0.1, 0.15) is 35.7 Å². The van der Waals surface area contributed by atoms with Gasteiger partial charge in [0.2, 0.25) is 0 Å². The number of aromatic nitrogens is 2. The second-order valence-electron chi connectivity index (χ2n) is 7.91. The Kier molecular flexibility index (Phi) is 7.19. The Bertz CT molecular complexity index is 1080. The van der Waals surface area contributed by atoms with Crippen molar-refractivity contribution in [2.45, 2.75) is 25.8 Å². The fourth-order valence-electron chi connectivity index (χ4n) is 3.85. The van der Waals surface area contributed by atoms with Crippen molar-refractivity contribution < 1.29 is 14.3 Å². The van der Waals surface area contributed by atoms with Crippen LogP contribution in [0.5, 0.6) is 0 Å². The molecule has 3 aromatic rings. The highest BCUT2D eigenvalue weighted by atomic mass is 16.5. The van der Waals surface area contributed by atoms with Gasteiger partial charge in [-0.25, -0.2) is 9.78 Å². The van der Waals surface area contributed by atoms with E-state index < -0.39 is 0 Å². The third kappa shape index (κ3) is 5.88. The Labute approximate surface area is 193 Å². The zero-order valence-corrected chi connectivity index (χ0v) is 18.7. The lowest BCUT2D eigenvalue weighted by Gasteiger charge is -2.32. The average Bonchev–Trinajstić information content (AvgIpc) is 3.39. The molecule has 0 bridgehead atoms. The lowest BCUT2D eigenvalue weighted by Crippen LogP contribution is -2.42. The molecule has 2 aromatic heterocycles. The molecule has 170 valence electrons. The van der Waals surface area contributed by atoms with Gasteiger partial charge in [0.1, 0.15) is 5.82 Å². The molecule has 7 heteroatoms. The Hall–Kier alpha value is -3.87. The first-order valence-electron chi connectivity index (χ1n) is 11.2. The number of ether oxygens (including phenoxy) is 1. The number of anilines is 1. The van der Waals surface area contributed by atoms with Gasteiger partial charge in [0.25, 0.3) is 5.91 Å². The van der Waals surface area contributed by atoms with E-state index in [0.29, 0.717) is 25.3 Å². The van der Waals surface area contributed by atoms with Crippen LogP contribution in [0.25, 0.3) is 11.8 Å². The number of hydrogen-bond donors (Lipinski definition) is 1. The number of nitrogens with one attached hydrogen (secondary N) is 1. The zero-order valence-electron chi connectivity index (χ0n) is 18.7. The lowest BCUT2D eigenvalue weighted by atomic mass is 10.0.